The molecular weight excluding hydrogens is 398 g/mol. The van der Waals surface area contributed by atoms with Crippen LogP contribution in [0.1, 0.15) is 11.1 Å². The Labute approximate surface area is 162 Å². The predicted octanol–water partition coefficient (Wildman–Crippen LogP) is 4.50. The molecule has 1 N–H and O–H groups in total. The molecule has 0 saturated heterocycles. The highest BCUT2D eigenvalue weighted by atomic mass is 79.9. The number of carbonyl (C=O) groups excluding carboxylic acids is 1. The predicted molar refractivity (Wildman–Crippen MR) is 104 cm³/mol. The van der Waals surface area contributed by atoms with Crippen LogP contribution < -0.4 is 0 Å². The van der Waals surface area contributed by atoms with Gasteiger partial charge in [-0.25, -0.2) is 4.79 Å². The standard InChI is InChI=1S/C20H22BrNO4/c1-25-20(24)26-12-6-5-11-22(14-16-7-3-2-4-8-16)15-17-13-18(23)9-10-19(17)21/h2-10,13,23H,11-12,14-15H2,1H3/b6-5+. The number of rotatable bonds is 8. The third-order valence-electron chi connectivity index (χ3n) is 3.67. The van der Waals surface area contributed by atoms with Crippen LogP contribution in [-0.4, -0.2) is 36.4 Å². The summed E-state index contributed by atoms with van der Waals surface area (Å²) in [7, 11) is 1.28. The minimum atomic E-state index is -0.695. The van der Waals surface area contributed by atoms with E-state index in [2.05, 4.69) is 37.7 Å². The topological polar surface area (TPSA) is 59.0 Å². The molecule has 0 saturated carbocycles. The van der Waals surface area contributed by atoms with Crippen LogP contribution in [0.4, 0.5) is 4.79 Å². The minimum Gasteiger partial charge on any atom is -0.508 e. The van der Waals surface area contributed by atoms with Gasteiger partial charge in [-0.2, -0.15) is 0 Å². The molecule has 0 amide bonds. The Morgan fingerprint density at radius 1 is 1.15 bits per heavy atom. The molecule has 0 fully saturated rings. The SMILES string of the molecule is COC(=O)OC/C=C/CN(Cc1ccccc1)Cc1cc(O)ccc1Br. The van der Waals surface area contributed by atoms with E-state index in [4.69, 9.17) is 4.74 Å². The first-order valence-corrected chi connectivity index (χ1v) is 8.97. The van der Waals surface area contributed by atoms with E-state index in [1.807, 2.05) is 30.3 Å². The van der Waals surface area contributed by atoms with Gasteiger partial charge in [0.25, 0.3) is 0 Å². The second-order valence-electron chi connectivity index (χ2n) is 5.67. The number of hydrogen-bond donors (Lipinski definition) is 1. The van der Waals surface area contributed by atoms with Crippen LogP contribution in [0.5, 0.6) is 5.75 Å². The lowest BCUT2D eigenvalue weighted by atomic mass is 10.1. The van der Waals surface area contributed by atoms with Crippen LogP contribution >= 0.6 is 15.9 Å². The zero-order chi connectivity index (χ0) is 18.8. The molecule has 2 aromatic rings. The number of carbonyl (C=O) groups is 1. The first-order valence-electron chi connectivity index (χ1n) is 8.18. The lowest BCUT2D eigenvalue weighted by molar-refractivity contribution is 0.0817. The van der Waals surface area contributed by atoms with Crippen molar-refractivity contribution in [3.8, 4) is 5.75 Å². The summed E-state index contributed by atoms with van der Waals surface area (Å²) in [4.78, 5) is 13.2. The Morgan fingerprint density at radius 3 is 2.65 bits per heavy atom. The van der Waals surface area contributed by atoms with Crippen molar-refractivity contribution >= 4 is 22.1 Å². The van der Waals surface area contributed by atoms with E-state index in [0.29, 0.717) is 13.1 Å². The molecule has 138 valence electrons. The molecule has 2 aromatic carbocycles. The van der Waals surface area contributed by atoms with Gasteiger partial charge in [0.15, 0.2) is 0 Å². The average Bonchev–Trinajstić information content (AvgIpc) is 2.65. The summed E-state index contributed by atoms with van der Waals surface area (Å²) in [5, 5.41) is 9.75. The van der Waals surface area contributed by atoms with Crippen LogP contribution in [0.25, 0.3) is 0 Å². The van der Waals surface area contributed by atoms with Gasteiger partial charge in [-0.15, -0.1) is 0 Å². The number of ether oxygens (including phenoxy) is 2. The number of halogens is 1. The van der Waals surface area contributed by atoms with Crippen LogP contribution in [0, 0.1) is 0 Å². The summed E-state index contributed by atoms with van der Waals surface area (Å²) in [5.41, 5.74) is 2.20. The van der Waals surface area contributed by atoms with Crippen molar-refractivity contribution in [3.63, 3.8) is 0 Å². The highest BCUT2D eigenvalue weighted by Crippen LogP contribution is 2.23. The van der Waals surface area contributed by atoms with Crippen molar-refractivity contribution in [2.24, 2.45) is 0 Å². The molecule has 0 aliphatic carbocycles. The van der Waals surface area contributed by atoms with E-state index >= 15 is 0 Å². The molecule has 0 bridgehead atoms. The largest absolute Gasteiger partial charge is 0.508 e. The Bertz CT molecular complexity index is 734. The molecule has 6 heteroatoms. The van der Waals surface area contributed by atoms with Crippen molar-refractivity contribution in [3.05, 3.63) is 76.3 Å². The highest BCUT2D eigenvalue weighted by molar-refractivity contribution is 9.10. The smallest absolute Gasteiger partial charge is 0.508 e. The van der Waals surface area contributed by atoms with Crippen molar-refractivity contribution in [2.75, 3.05) is 20.3 Å². The zero-order valence-electron chi connectivity index (χ0n) is 14.6. The minimum absolute atomic E-state index is 0.168. The number of aromatic hydroxyl groups is 1. The number of phenols is 1. The fourth-order valence-electron chi connectivity index (χ4n) is 2.42. The lowest BCUT2D eigenvalue weighted by Crippen LogP contribution is -2.23. The van der Waals surface area contributed by atoms with Crippen molar-refractivity contribution in [1.29, 1.82) is 0 Å². The summed E-state index contributed by atoms with van der Waals surface area (Å²) in [5.74, 6) is 0.241. The maximum Gasteiger partial charge on any atom is 0.508 e. The van der Waals surface area contributed by atoms with E-state index in [0.717, 1.165) is 16.6 Å². The van der Waals surface area contributed by atoms with E-state index in [1.165, 1.54) is 12.7 Å². The number of hydrogen-bond acceptors (Lipinski definition) is 5. The molecule has 5 nitrogen and oxygen atoms in total. The normalized spacial score (nSPS) is 11.0. The second kappa shape index (κ2) is 10.6. The first kappa shape index (κ1) is 20.0. The van der Waals surface area contributed by atoms with Gasteiger partial charge in [-0.1, -0.05) is 52.3 Å². The zero-order valence-corrected chi connectivity index (χ0v) is 16.2. The summed E-state index contributed by atoms with van der Waals surface area (Å²) in [6.45, 7) is 2.25. The number of benzene rings is 2. The molecule has 2 rings (SSSR count). The summed E-state index contributed by atoms with van der Waals surface area (Å²) >= 11 is 3.53. The Hall–Kier alpha value is -2.31. The van der Waals surface area contributed by atoms with Crippen LogP contribution in [0.15, 0.2) is 65.2 Å². The van der Waals surface area contributed by atoms with Crippen LogP contribution in [-0.2, 0) is 22.6 Å². The Kier molecular flexibility index (Phi) is 8.18. The molecule has 0 aromatic heterocycles. The third-order valence-corrected chi connectivity index (χ3v) is 4.44. The first-order chi connectivity index (χ1) is 12.6. The fraction of sp³-hybridized carbons (Fsp3) is 0.250. The van der Waals surface area contributed by atoms with Crippen molar-refractivity contribution < 1.29 is 19.4 Å². The quantitative estimate of drug-likeness (QED) is 0.504. The summed E-state index contributed by atoms with van der Waals surface area (Å²) in [6.07, 6.45) is 3.04. The maximum absolute atomic E-state index is 10.9. The third kappa shape index (κ3) is 6.90. The summed E-state index contributed by atoms with van der Waals surface area (Å²) in [6, 6.07) is 15.4. The fourth-order valence-corrected chi connectivity index (χ4v) is 2.79. The molecule has 26 heavy (non-hydrogen) atoms. The van der Waals surface area contributed by atoms with E-state index in [-0.39, 0.29) is 12.4 Å². The molecule has 0 atom stereocenters. The molecule has 0 spiro atoms. The van der Waals surface area contributed by atoms with Gasteiger partial charge in [0, 0.05) is 24.1 Å². The molecule has 0 radical (unpaired) electrons. The number of phenolic OH excluding ortho intramolecular Hbond substituents is 1. The van der Waals surface area contributed by atoms with Gasteiger partial charge in [-0.3, -0.25) is 4.90 Å². The van der Waals surface area contributed by atoms with Gasteiger partial charge in [0.1, 0.15) is 12.4 Å². The van der Waals surface area contributed by atoms with Crippen LogP contribution in [0.3, 0.4) is 0 Å². The average molecular weight is 420 g/mol. The Morgan fingerprint density at radius 2 is 1.92 bits per heavy atom. The molecular formula is C20H22BrNO4. The second-order valence-corrected chi connectivity index (χ2v) is 6.52. The monoisotopic (exact) mass is 419 g/mol. The van der Waals surface area contributed by atoms with Gasteiger partial charge < -0.3 is 14.6 Å². The van der Waals surface area contributed by atoms with E-state index in [1.54, 1.807) is 18.2 Å². The molecule has 0 unspecified atom stereocenters. The molecule has 0 heterocycles. The summed E-state index contributed by atoms with van der Waals surface area (Å²) < 4.78 is 10.2. The number of methoxy groups -OCH3 is 1. The van der Waals surface area contributed by atoms with Gasteiger partial charge >= 0.3 is 6.16 Å². The van der Waals surface area contributed by atoms with Gasteiger partial charge in [0.05, 0.1) is 7.11 Å². The molecule has 0 aliphatic heterocycles. The highest BCUT2D eigenvalue weighted by Gasteiger charge is 2.09. The van der Waals surface area contributed by atoms with Crippen molar-refractivity contribution in [2.45, 2.75) is 13.1 Å². The van der Waals surface area contributed by atoms with Crippen molar-refractivity contribution in [1.82, 2.24) is 4.90 Å². The number of nitrogens with zero attached hydrogens (tertiary/aromatic N) is 1. The lowest BCUT2D eigenvalue weighted by Gasteiger charge is -2.22. The maximum atomic E-state index is 10.9. The van der Waals surface area contributed by atoms with E-state index in [9.17, 15) is 9.90 Å². The van der Waals surface area contributed by atoms with Crippen LogP contribution in [0.2, 0.25) is 0 Å². The van der Waals surface area contributed by atoms with Gasteiger partial charge in [-0.05, 0) is 35.4 Å². The van der Waals surface area contributed by atoms with Gasteiger partial charge in [0.2, 0.25) is 0 Å². The van der Waals surface area contributed by atoms with E-state index < -0.39 is 6.16 Å². The Balaban J connectivity index is 2.02. The molecule has 0 aliphatic rings.